The van der Waals surface area contributed by atoms with Gasteiger partial charge in [-0.25, -0.2) is 0 Å². The zero-order valence-electron chi connectivity index (χ0n) is 17.1. The van der Waals surface area contributed by atoms with E-state index in [-0.39, 0.29) is 35.5 Å². The van der Waals surface area contributed by atoms with Crippen LogP contribution in [0.1, 0.15) is 90.0 Å². The first kappa shape index (κ1) is 20.1. The summed E-state index contributed by atoms with van der Waals surface area (Å²) in [5, 5.41) is 4.09. The normalized spacial score (nSPS) is 22.5. The molecule has 1 aliphatic heterocycles. The van der Waals surface area contributed by atoms with Crippen molar-refractivity contribution >= 4 is 11.7 Å². The predicted molar refractivity (Wildman–Crippen MR) is 104 cm³/mol. The number of aromatic nitrogens is 1. The minimum Gasteiger partial charge on any atom is -0.361 e. The van der Waals surface area contributed by atoms with Gasteiger partial charge in [-0.3, -0.25) is 9.59 Å². The minimum atomic E-state index is -0.288. The quantitative estimate of drug-likeness (QED) is 0.731. The molecule has 2 heterocycles. The summed E-state index contributed by atoms with van der Waals surface area (Å²) in [5.41, 5.74) is 0.554. The highest BCUT2D eigenvalue weighted by atomic mass is 16.5. The second-order valence-electron chi connectivity index (χ2n) is 9.31. The Morgan fingerprint density at radius 2 is 1.74 bits per heavy atom. The van der Waals surface area contributed by atoms with E-state index in [1.54, 1.807) is 0 Å². The first-order chi connectivity index (χ1) is 12.9. The third-order valence-electron chi connectivity index (χ3n) is 6.02. The highest BCUT2D eigenvalue weighted by Gasteiger charge is 2.35. The van der Waals surface area contributed by atoms with Crippen molar-refractivity contribution in [2.45, 2.75) is 96.4 Å². The summed E-state index contributed by atoms with van der Waals surface area (Å²) < 4.78 is 5.42. The maximum atomic E-state index is 13.1. The molecule has 0 N–H and O–H groups in total. The van der Waals surface area contributed by atoms with Crippen LogP contribution in [0.3, 0.4) is 0 Å². The van der Waals surface area contributed by atoms with Gasteiger partial charge < -0.3 is 9.42 Å². The second-order valence-corrected chi connectivity index (χ2v) is 9.31. The Bertz CT molecular complexity index is 651. The third kappa shape index (κ3) is 4.99. The average Bonchev–Trinajstić information content (AvgIpc) is 2.95. The van der Waals surface area contributed by atoms with Crippen LogP contribution in [-0.2, 0) is 21.4 Å². The van der Waals surface area contributed by atoms with Gasteiger partial charge in [0.25, 0.3) is 0 Å². The number of carbonyl (C=O) groups excluding carboxylic acids is 2. The molecule has 27 heavy (non-hydrogen) atoms. The number of rotatable bonds is 4. The fourth-order valence-electron chi connectivity index (χ4n) is 4.34. The molecule has 0 radical (unpaired) electrons. The Morgan fingerprint density at radius 3 is 2.37 bits per heavy atom. The van der Waals surface area contributed by atoms with Crippen molar-refractivity contribution in [1.82, 2.24) is 10.1 Å². The predicted octanol–water partition coefficient (Wildman–Crippen LogP) is 4.44. The lowest BCUT2D eigenvalue weighted by molar-refractivity contribution is -0.145. The molecule has 150 valence electrons. The summed E-state index contributed by atoms with van der Waals surface area (Å²) in [7, 11) is 0. The Hall–Kier alpha value is -1.65. The number of nitrogens with zero attached hydrogens (tertiary/aromatic N) is 2. The molecule has 1 saturated carbocycles. The second kappa shape index (κ2) is 8.57. The van der Waals surface area contributed by atoms with Gasteiger partial charge in [0.1, 0.15) is 5.76 Å². The van der Waals surface area contributed by atoms with Gasteiger partial charge in [-0.05, 0) is 32.1 Å². The van der Waals surface area contributed by atoms with Crippen LogP contribution in [-0.4, -0.2) is 34.3 Å². The number of Topliss-reactive ketones (excluding diaryl/α,β-unsaturated/α-hetero) is 1. The third-order valence-corrected chi connectivity index (χ3v) is 6.02. The fourth-order valence-corrected chi connectivity index (χ4v) is 4.34. The van der Waals surface area contributed by atoms with Crippen molar-refractivity contribution in [3.05, 3.63) is 17.5 Å². The van der Waals surface area contributed by atoms with Crippen LogP contribution in [0.2, 0.25) is 0 Å². The molecular formula is C22H34N2O3. The van der Waals surface area contributed by atoms with E-state index in [0.29, 0.717) is 5.69 Å². The van der Waals surface area contributed by atoms with Crippen LogP contribution in [0, 0.1) is 5.92 Å². The van der Waals surface area contributed by atoms with Gasteiger partial charge in [-0.15, -0.1) is 0 Å². The van der Waals surface area contributed by atoms with Crippen molar-refractivity contribution in [3.63, 3.8) is 0 Å². The molecule has 0 aromatic carbocycles. The summed E-state index contributed by atoms with van der Waals surface area (Å²) >= 11 is 0. The number of hydrogen-bond donors (Lipinski definition) is 0. The summed E-state index contributed by atoms with van der Waals surface area (Å²) in [6.07, 6.45) is 9.73. The Morgan fingerprint density at radius 1 is 1.07 bits per heavy atom. The van der Waals surface area contributed by atoms with Gasteiger partial charge in [0, 0.05) is 23.9 Å². The molecule has 0 bridgehead atoms. The topological polar surface area (TPSA) is 63.4 Å². The lowest BCUT2D eigenvalue weighted by Gasteiger charge is -2.37. The Labute approximate surface area is 162 Å². The van der Waals surface area contributed by atoms with Crippen LogP contribution < -0.4 is 0 Å². The van der Waals surface area contributed by atoms with E-state index in [1.807, 2.05) is 11.0 Å². The highest BCUT2D eigenvalue weighted by Crippen LogP contribution is 2.29. The van der Waals surface area contributed by atoms with Gasteiger partial charge in [0.05, 0.1) is 18.2 Å². The van der Waals surface area contributed by atoms with Crippen molar-refractivity contribution in [2.75, 3.05) is 6.54 Å². The van der Waals surface area contributed by atoms with E-state index in [2.05, 4.69) is 25.9 Å². The van der Waals surface area contributed by atoms with Crippen molar-refractivity contribution in [1.29, 1.82) is 0 Å². The number of hydrogen-bond acceptors (Lipinski definition) is 4. The molecule has 1 saturated heterocycles. The van der Waals surface area contributed by atoms with Gasteiger partial charge >= 0.3 is 0 Å². The minimum absolute atomic E-state index is 0.102. The Kier molecular flexibility index (Phi) is 6.38. The lowest BCUT2D eigenvalue weighted by Crippen LogP contribution is -2.50. The lowest BCUT2D eigenvalue weighted by atomic mass is 9.91. The van der Waals surface area contributed by atoms with Crippen molar-refractivity contribution in [3.8, 4) is 0 Å². The summed E-state index contributed by atoms with van der Waals surface area (Å²) in [5.74, 6) is 1.22. The molecule has 3 rings (SSSR count). The zero-order valence-corrected chi connectivity index (χ0v) is 17.1. The van der Waals surface area contributed by atoms with E-state index in [4.69, 9.17) is 4.52 Å². The van der Waals surface area contributed by atoms with Gasteiger partial charge in [0.2, 0.25) is 5.91 Å². The molecule has 1 atom stereocenters. The first-order valence-corrected chi connectivity index (χ1v) is 10.7. The number of carbonyl (C=O) groups is 2. The summed E-state index contributed by atoms with van der Waals surface area (Å²) in [6, 6.07) is 1.60. The van der Waals surface area contributed by atoms with E-state index >= 15 is 0 Å². The molecule has 5 nitrogen and oxygen atoms in total. The summed E-state index contributed by atoms with van der Waals surface area (Å²) in [4.78, 5) is 28.1. The van der Waals surface area contributed by atoms with Crippen molar-refractivity contribution < 1.29 is 14.1 Å². The van der Waals surface area contributed by atoms with Crippen LogP contribution in [0.5, 0.6) is 0 Å². The molecular weight excluding hydrogens is 340 g/mol. The number of amides is 1. The monoisotopic (exact) mass is 374 g/mol. The van der Waals surface area contributed by atoms with E-state index in [0.717, 1.165) is 57.3 Å². The Balaban J connectivity index is 1.67. The van der Waals surface area contributed by atoms with Crippen LogP contribution in [0.25, 0.3) is 0 Å². The molecule has 1 aliphatic carbocycles. The van der Waals surface area contributed by atoms with Crippen LogP contribution >= 0.6 is 0 Å². The van der Waals surface area contributed by atoms with Crippen LogP contribution in [0.4, 0.5) is 0 Å². The number of piperidine rings is 1. The molecule has 1 amide bonds. The molecule has 5 heteroatoms. The fraction of sp³-hybridized carbons (Fsp3) is 0.773. The largest absolute Gasteiger partial charge is 0.361 e. The number of ketones is 1. The van der Waals surface area contributed by atoms with E-state index < -0.39 is 0 Å². The molecule has 0 spiro atoms. The molecule has 0 unspecified atom stereocenters. The smallest absolute Gasteiger partial charge is 0.226 e. The summed E-state index contributed by atoms with van der Waals surface area (Å²) in [6.45, 7) is 6.91. The molecule has 2 aliphatic rings. The average molecular weight is 375 g/mol. The van der Waals surface area contributed by atoms with E-state index in [1.165, 1.54) is 12.8 Å². The zero-order chi connectivity index (χ0) is 19.4. The molecule has 2 fully saturated rings. The van der Waals surface area contributed by atoms with Gasteiger partial charge in [0.15, 0.2) is 5.78 Å². The van der Waals surface area contributed by atoms with Gasteiger partial charge in [-0.1, -0.05) is 51.6 Å². The number of likely N-dealkylation sites (tertiary alicyclic amines) is 1. The standard InChI is InChI=1S/C22H34N2O3/c1-22(2,3)20-15-17(23-27-20)14-19(25)18-12-8-9-13-24(18)21(26)16-10-6-4-5-7-11-16/h15-16,18H,4-14H2,1-3H3/t18-/m0/s1. The highest BCUT2D eigenvalue weighted by molar-refractivity contribution is 5.91. The van der Waals surface area contributed by atoms with Crippen LogP contribution in [0.15, 0.2) is 10.6 Å². The molecule has 1 aromatic rings. The van der Waals surface area contributed by atoms with E-state index in [9.17, 15) is 9.59 Å². The molecule has 1 aromatic heterocycles. The maximum absolute atomic E-state index is 13.1. The van der Waals surface area contributed by atoms with Crippen molar-refractivity contribution in [2.24, 2.45) is 5.92 Å². The maximum Gasteiger partial charge on any atom is 0.226 e. The first-order valence-electron chi connectivity index (χ1n) is 10.7. The van der Waals surface area contributed by atoms with Gasteiger partial charge in [-0.2, -0.15) is 0 Å². The SMILES string of the molecule is CC(C)(C)c1cc(CC(=O)[C@@H]2CCCCN2C(=O)C2CCCCCC2)no1.